The Labute approximate surface area is 89.4 Å². The largest absolute Gasteiger partial charge is 0.326 e. The number of hydrogen-bond acceptors (Lipinski definition) is 4. The molecule has 1 aromatic heterocycles. The number of likely N-dealkylation sites (N-methyl/N-ethyl adjacent to an activating group) is 1. The third-order valence-corrected chi connectivity index (χ3v) is 3.33. The summed E-state index contributed by atoms with van der Waals surface area (Å²) in [6.45, 7) is 2.09. The van der Waals surface area contributed by atoms with Crippen LogP contribution in [0.1, 0.15) is 24.3 Å². The van der Waals surface area contributed by atoms with Crippen molar-refractivity contribution in [3.63, 3.8) is 0 Å². The molecule has 4 heteroatoms. The van der Waals surface area contributed by atoms with Crippen LogP contribution >= 0.6 is 11.3 Å². The molecule has 0 aromatic carbocycles. The van der Waals surface area contributed by atoms with Crippen molar-refractivity contribution in [2.75, 3.05) is 14.2 Å². The Hall–Kier alpha value is -0.420. The molecule has 0 bridgehead atoms. The molecule has 14 heavy (non-hydrogen) atoms. The highest BCUT2D eigenvalue weighted by Gasteiger charge is 2.23. The van der Waals surface area contributed by atoms with Crippen LogP contribution in [0.4, 0.5) is 0 Å². The van der Waals surface area contributed by atoms with Crippen LogP contribution in [-0.4, -0.2) is 25.3 Å². The van der Waals surface area contributed by atoms with Gasteiger partial charge in [0.05, 0.1) is 13.2 Å². The molecule has 0 amide bonds. The molecule has 0 saturated heterocycles. The summed E-state index contributed by atoms with van der Waals surface area (Å²) in [7, 11) is 3.59. The first-order valence-corrected chi connectivity index (χ1v) is 5.64. The van der Waals surface area contributed by atoms with Crippen LogP contribution in [0.2, 0.25) is 0 Å². The lowest BCUT2D eigenvalue weighted by molar-refractivity contribution is -0.147. The van der Waals surface area contributed by atoms with E-state index in [1.165, 1.54) is 4.88 Å². The summed E-state index contributed by atoms with van der Waals surface area (Å²) < 4.78 is 0. The monoisotopic (exact) mass is 214 g/mol. The minimum absolute atomic E-state index is 0.110. The van der Waals surface area contributed by atoms with E-state index in [9.17, 15) is 0 Å². The molecule has 1 aromatic rings. The van der Waals surface area contributed by atoms with E-state index >= 15 is 0 Å². The average Bonchev–Trinajstić information content (AvgIpc) is 2.70. The van der Waals surface area contributed by atoms with Crippen molar-refractivity contribution in [3.05, 3.63) is 22.4 Å². The summed E-state index contributed by atoms with van der Waals surface area (Å²) in [5.41, 5.74) is 6.07. The Morgan fingerprint density at radius 1 is 1.64 bits per heavy atom. The van der Waals surface area contributed by atoms with Crippen LogP contribution in [0.3, 0.4) is 0 Å². The molecule has 0 saturated carbocycles. The Balaban J connectivity index is 2.82. The molecular weight excluding hydrogens is 196 g/mol. The lowest BCUT2D eigenvalue weighted by Crippen LogP contribution is -2.37. The predicted octanol–water partition coefficient (Wildman–Crippen LogP) is 2.02. The fourth-order valence-electron chi connectivity index (χ4n) is 1.46. The van der Waals surface area contributed by atoms with Gasteiger partial charge in [0.2, 0.25) is 0 Å². The van der Waals surface area contributed by atoms with E-state index in [1.807, 2.05) is 18.2 Å². The van der Waals surface area contributed by atoms with Crippen LogP contribution in [0, 0.1) is 0 Å². The van der Waals surface area contributed by atoms with E-state index in [0.29, 0.717) is 0 Å². The lowest BCUT2D eigenvalue weighted by Gasteiger charge is -2.29. The van der Waals surface area contributed by atoms with Crippen molar-refractivity contribution in [1.82, 2.24) is 5.06 Å². The SMILES string of the molecule is CCC(N)C(c1cccs1)N(C)OC. The third-order valence-electron chi connectivity index (χ3n) is 2.39. The smallest absolute Gasteiger partial charge is 0.0842 e. The van der Waals surface area contributed by atoms with Crippen LogP contribution in [0.15, 0.2) is 17.5 Å². The second-order valence-electron chi connectivity index (χ2n) is 3.26. The molecule has 0 spiro atoms. The van der Waals surface area contributed by atoms with E-state index in [4.69, 9.17) is 10.6 Å². The molecule has 1 heterocycles. The molecule has 0 aliphatic carbocycles. The molecule has 2 atom stereocenters. The van der Waals surface area contributed by atoms with Gasteiger partial charge in [-0.1, -0.05) is 13.0 Å². The lowest BCUT2D eigenvalue weighted by atomic mass is 10.1. The van der Waals surface area contributed by atoms with Crippen molar-refractivity contribution in [3.8, 4) is 0 Å². The number of nitrogens with two attached hydrogens (primary N) is 1. The first-order chi connectivity index (χ1) is 6.70. The molecule has 1 rings (SSSR count). The number of hydroxylamine groups is 2. The van der Waals surface area contributed by atoms with Gasteiger partial charge in [-0.05, 0) is 17.9 Å². The first kappa shape index (κ1) is 11.7. The molecule has 0 fully saturated rings. The summed E-state index contributed by atoms with van der Waals surface area (Å²) in [4.78, 5) is 6.47. The van der Waals surface area contributed by atoms with E-state index < -0.39 is 0 Å². The second kappa shape index (κ2) is 5.46. The Morgan fingerprint density at radius 2 is 2.36 bits per heavy atom. The highest BCUT2D eigenvalue weighted by Crippen LogP contribution is 2.27. The normalized spacial score (nSPS) is 15.8. The number of thiophene rings is 1. The van der Waals surface area contributed by atoms with E-state index in [1.54, 1.807) is 18.4 Å². The average molecular weight is 214 g/mol. The van der Waals surface area contributed by atoms with Crippen molar-refractivity contribution < 1.29 is 4.84 Å². The second-order valence-corrected chi connectivity index (χ2v) is 4.24. The Bertz CT molecular complexity index is 241. The Kier molecular flexibility index (Phi) is 4.54. The van der Waals surface area contributed by atoms with Gasteiger partial charge >= 0.3 is 0 Å². The van der Waals surface area contributed by atoms with Gasteiger partial charge in [0.15, 0.2) is 0 Å². The van der Waals surface area contributed by atoms with Gasteiger partial charge in [-0.2, -0.15) is 5.06 Å². The number of nitrogens with zero attached hydrogens (tertiary/aromatic N) is 1. The summed E-state index contributed by atoms with van der Waals surface area (Å²) >= 11 is 1.72. The van der Waals surface area contributed by atoms with Gasteiger partial charge in [0.1, 0.15) is 0 Å². The maximum Gasteiger partial charge on any atom is 0.0842 e. The highest BCUT2D eigenvalue weighted by atomic mass is 32.1. The van der Waals surface area contributed by atoms with Gasteiger partial charge in [-0.25, -0.2) is 0 Å². The minimum atomic E-state index is 0.110. The molecule has 0 aliphatic rings. The van der Waals surface area contributed by atoms with Gasteiger partial charge in [0, 0.05) is 18.0 Å². The maximum atomic E-state index is 6.07. The maximum absolute atomic E-state index is 6.07. The van der Waals surface area contributed by atoms with Crippen molar-refractivity contribution in [1.29, 1.82) is 0 Å². The van der Waals surface area contributed by atoms with Gasteiger partial charge < -0.3 is 10.6 Å². The zero-order valence-electron chi connectivity index (χ0n) is 8.93. The third kappa shape index (κ3) is 2.54. The zero-order valence-corrected chi connectivity index (χ0v) is 9.75. The van der Waals surface area contributed by atoms with Crippen molar-refractivity contribution >= 4 is 11.3 Å². The highest BCUT2D eigenvalue weighted by molar-refractivity contribution is 7.10. The minimum Gasteiger partial charge on any atom is -0.326 e. The topological polar surface area (TPSA) is 38.5 Å². The molecule has 2 unspecified atom stereocenters. The van der Waals surface area contributed by atoms with Crippen LogP contribution in [-0.2, 0) is 4.84 Å². The first-order valence-electron chi connectivity index (χ1n) is 4.76. The quantitative estimate of drug-likeness (QED) is 0.762. The molecular formula is C10H18N2OS. The van der Waals surface area contributed by atoms with E-state index in [0.717, 1.165) is 6.42 Å². The van der Waals surface area contributed by atoms with Crippen molar-refractivity contribution in [2.45, 2.75) is 25.4 Å². The fourth-order valence-corrected chi connectivity index (χ4v) is 2.39. The van der Waals surface area contributed by atoms with Gasteiger partial charge in [-0.3, -0.25) is 0 Å². The van der Waals surface area contributed by atoms with Gasteiger partial charge in [-0.15, -0.1) is 11.3 Å². The summed E-state index contributed by atoms with van der Waals surface area (Å²) in [6, 6.07) is 4.41. The van der Waals surface area contributed by atoms with Crippen LogP contribution in [0.25, 0.3) is 0 Å². The van der Waals surface area contributed by atoms with E-state index in [2.05, 4.69) is 18.4 Å². The summed E-state index contributed by atoms with van der Waals surface area (Å²) in [6.07, 6.45) is 0.941. The zero-order chi connectivity index (χ0) is 10.6. The summed E-state index contributed by atoms with van der Waals surface area (Å²) in [5.74, 6) is 0. The molecule has 0 radical (unpaired) electrons. The Morgan fingerprint density at radius 3 is 2.79 bits per heavy atom. The molecule has 0 aliphatic heterocycles. The van der Waals surface area contributed by atoms with Gasteiger partial charge in [0.25, 0.3) is 0 Å². The van der Waals surface area contributed by atoms with Crippen LogP contribution < -0.4 is 5.73 Å². The number of hydrogen-bond donors (Lipinski definition) is 1. The number of rotatable bonds is 5. The fraction of sp³-hybridized carbons (Fsp3) is 0.600. The summed E-state index contributed by atoms with van der Waals surface area (Å²) in [5, 5.41) is 3.88. The standard InChI is InChI=1S/C10H18N2OS/c1-4-8(11)10(12(2)13-3)9-6-5-7-14-9/h5-8,10H,4,11H2,1-3H3. The van der Waals surface area contributed by atoms with Crippen molar-refractivity contribution in [2.24, 2.45) is 5.73 Å². The predicted molar refractivity (Wildman–Crippen MR) is 60.1 cm³/mol. The van der Waals surface area contributed by atoms with E-state index in [-0.39, 0.29) is 12.1 Å². The molecule has 80 valence electrons. The van der Waals surface area contributed by atoms with Crippen LogP contribution in [0.5, 0.6) is 0 Å². The molecule has 3 nitrogen and oxygen atoms in total. The molecule has 2 N–H and O–H groups in total.